The van der Waals surface area contributed by atoms with E-state index in [1.165, 1.54) is 0 Å². The number of halogens is 1. The fourth-order valence-electron chi connectivity index (χ4n) is 3.86. The van der Waals surface area contributed by atoms with Gasteiger partial charge in [0.05, 0.1) is 33.2 Å². The Balaban J connectivity index is 1.92. The lowest BCUT2D eigenvalue weighted by molar-refractivity contribution is 0.0735. The first-order chi connectivity index (χ1) is 15.4. The van der Waals surface area contributed by atoms with Crippen LogP contribution in [-0.2, 0) is 6.42 Å². The van der Waals surface area contributed by atoms with Crippen molar-refractivity contribution in [2.24, 2.45) is 0 Å². The summed E-state index contributed by atoms with van der Waals surface area (Å²) in [5.41, 5.74) is 2.66. The molecule has 0 aliphatic carbocycles. The number of amides is 1. The Morgan fingerprint density at radius 2 is 1.69 bits per heavy atom. The Morgan fingerprint density at radius 3 is 2.44 bits per heavy atom. The van der Waals surface area contributed by atoms with Gasteiger partial charge in [0, 0.05) is 7.05 Å². The van der Waals surface area contributed by atoms with Gasteiger partial charge in [-0.25, -0.2) is 4.98 Å². The zero-order valence-electron chi connectivity index (χ0n) is 18.2. The molecule has 0 spiro atoms. The third kappa shape index (κ3) is 3.80. The van der Waals surface area contributed by atoms with Gasteiger partial charge in [0.2, 0.25) is 0 Å². The van der Waals surface area contributed by atoms with E-state index < -0.39 is 6.04 Å². The summed E-state index contributed by atoms with van der Waals surface area (Å²) in [6.07, 6.45) is 0.762. The molecule has 1 unspecified atom stereocenters. The molecule has 0 saturated heterocycles. The number of para-hydroxylation sites is 2. The number of hydrogen-bond donors (Lipinski definition) is 0. The zero-order valence-corrected chi connectivity index (χ0v) is 19.0. The van der Waals surface area contributed by atoms with Crippen LogP contribution in [0.3, 0.4) is 0 Å². The molecule has 0 bridgehead atoms. The first-order valence-corrected chi connectivity index (χ1v) is 10.9. The summed E-state index contributed by atoms with van der Waals surface area (Å²) in [7, 11) is 1.70. The average molecular weight is 446 g/mol. The van der Waals surface area contributed by atoms with Crippen LogP contribution in [0.5, 0.6) is 0 Å². The standard InChI is InChI=1S/C26H24ClN3O2/c1-4-18-11-5-10-16-23(18)30-24(28-22-15-9-7-13-20(22)26(30)32)17(2)29(3)25(31)19-12-6-8-14-21(19)27/h5-17H,4H2,1-3H3. The maximum absolute atomic E-state index is 13.6. The highest BCUT2D eigenvalue weighted by Crippen LogP contribution is 2.26. The third-order valence-corrected chi connectivity index (χ3v) is 6.12. The molecular weight excluding hydrogens is 422 g/mol. The molecule has 1 aromatic heterocycles. The molecule has 4 rings (SSSR count). The number of carbonyl (C=O) groups excluding carboxylic acids is 1. The van der Waals surface area contributed by atoms with Gasteiger partial charge in [-0.15, -0.1) is 0 Å². The van der Waals surface area contributed by atoms with E-state index in [-0.39, 0.29) is 11.5 Å². The fourth-order valence-corrected chi connectivity index (χ4v) is 4.08. The van der Waals surface area contributed by atoms with Crippen LogP contribution in [0, 0.1) is 0 Å². The van der Waals surface area contributed by atoms with Gasteiger partial charge in [0.25, 0.3) is 11.5 Å². The number of aromatic nitrogens is 2. The minimum Gasteiger partial charge on any atom is -0.332 e. The largest absolute Gasteiger partial charge is 0.332 e. The minimum absolute atomic E-state index is 0.156. The van der Waals surface area contributed by atoms with E-state index in [0.717, 1.165) is 17.7 Å². The van der Waals surface area contributed by atoms with Gasteiger partial charge in [-0.1, -0.05) is 61.0 Å². The predicted octanol–water partition coefficient (Wildman–Crippen LogP) is 5.43. The van der Waals surface area contributed by atoms with Crippen molar-refractivity contribution in [3.8, 4) is 5.69 Å². The van der Waals surface area contributed by atoms with Crippen molar-refractivity contribution in [1.82, 2.24) is 14.5 Å². The summed E-state index contributed by atoms with van der Waals surface area (Å²) in [6.45, 7) is 3.92. The van der Waals surface area contributed by atoms with Crippen LogP contribution < -0.4 is 5.56 Å². The van der Waals surface area contributed by atoms with Crippen LogP contribution in [0.2, 0.25) is 5.02 Å². The topological polar surface area (TPSA) is 55.2 Å². The van der Waals surface area contributed by atoms with Crippen LogP contribution in [-0.4, -0.2) is 27.4 Å². The molecule has 5 nitrogen and oxygen atoms in total. The first kappa shape index (κ1) is 21.8. The van der Waals surface area contributed by atoms with Gasteiger partial charge in [0.15, 0.2) is 0 Å². The second kappa shape index (κ2) is 8.97. The number of fused-ring (bicyclic) bond motifs is 1. The predicted molar refractivity (Wildman–Crippen MR) is 129 cm³/mol. The molecule has 0 N–H and O–H groups in total. The highest BCUT2D eigenvalue weighted by Gasteiger charge is 2.26. The van der Waals surface area contributed by atoms with Crippen molar-refractivity contribution in [1.29, 1.82) is 0 Å². The summed E-state index contributed by atoms with van der Waals surface area (Å²) in [4.78, 5) is 33.3. The van der Waals surface area contributed by atoms with E-state index >= 15 is 0 Å². The molecule has 6 heteroatoms. The summed E-state index contributed by atoms with van der Waals surface area (Å²) in [6, 6.07) is 21.5. The van der Waals surface area contributed by atoms with E-state index in [1.54, 1.807) is 46.8 Å². The lowest BCUT2D eigenvalue weighted by Crippen LogP contribution is -2.35. The van der Waals surface area contributed by atoms with Crippen molar-refractivity contribution in [2.45, 2.75) is 26.3 Å². The lowest BCUT2D eigenvalue weighted by Gasteiger charge is -2.28. The normalized spacial score (nSPS) is 12.0. The van der Waals surface area contributed by atoms with E-state index in [2.05, 4.69) is 6.92 Å². The molecule has 0 aliphatic rings. The van der Waals surface area contributed by atoms with Crippen molar-refractivity contribution in [2.75, 3.05) is 7.05 Å². The second-order valence-corrected chi connectivity index (χ2v) is 8.09. The van der Waals surface area contributed by atoms with Crippen LogP contribution in [0.1, 0.15) is 41.6 Å². The van der Waals surface area contributed by atoms with E-state index in [4.69, 9.17) is 16.6 Å². The van der Waals surface area contributed by atoms with E-state index in [9.17, 15) is 9.59 Å². The first-order valence-electron chi connectivity index (χ1n) is 10.6. The third-order valence-electron chi connectivity index (χ3n) is 5.79. The number of aryl methyl sites for hydroxylation is 1. The van der Waals surface area contributed by atoms with Crippen LogP contribution in [0.15, 0.2) is 77.6 Å². The van der Waals surface area contributed by atoms with E-state index in [0.29, 0.717) is 27.3 Å². The molecule has 0 fully saturated rings. The molecule has 4 aromatic rings. The lowest BCUT2D eigenvalue weighted by atomic mass is 10.1. The van der Waals surface area contributed by atoms with Gasteiger partial charge in [-0.05, 0) is 49.2 Å². The summed E-state index contributed by atoms with van der Waals surface area (Å²) >= 11 is 6.27. The molecule has 3 aromatic carbocycles. The van der Waals surface area contributed by atoms with Crippen molar-refractivity contribution >= 4 is 28.4 Å². The zero-order chi connectivity index (χ0) is 22.8. The second-order valence-electron chi connectivity index (χ2n) is 7.68. The van der Waals surface area contributed by atoms with Crippen molar-refractivity contribution in [3.05, 3.63) is 105 Å². The van der Waals surface area contributed by atoms with Crippen molar-refractivity contribution < 1.29 is 4.79 Å². The Kier molecular flexibility index (Phi) is 6.10. The van der Waals surface area contributed by atoms with Gasteiger partial charge >= 0.3 is 0 Å². The SMILES string of the molecule is CCc1ccccc1-n1c(C(C)N(C)C(=O)c2ccccc2Cl)nc2ccccc2c1=O. The molecule has 0 radical (unpaired) electrons. The Hall–Kier alpha value is -3.44. The van der Waals surface area contributed by atoms with Gasteiger partial charge in [-0.2, -0.15) is 0 Å². The highest BCUT2D eigenvalue weighted by atomic mass is 35.5. The Morgan fingerprint density at radius 1 is 1.03 bits per heavy atom. The summed E-state index contributed by atoms with van der Waals surface area (Å²) in [5.74, 6) is 0.262. The molecule has 1 atom stereocenters. The molecule has 1 heterocycles. The number of carbonyl (C=O) groups is 1. The Labute approximate surface area is 191 Å². The van der Waals surface area contributed by atoms with Crippen LogP contribution in [0.25, 0.3) is 16.6 Å². The average Bonchev–Trinajstić information content (AvgIpc) is 2.83. The molecule has 0 saturated carbocycles. The fraction of sp³-hybridized carbons (Fsp3) is 0.192. The van der Waals surface area contributed by atoms with Gasteiger partial charge in [-0.3, -0.25) is 14.2 Å². The number of benzene rings is 3. The van der Waals surface area contributed by atoms with Crippen molar-refractivity contribution in [3.63, 3.8) is 0 Å². The quantitative estimate of drug-likeness (QED) is 0.411. The molecule has 0 aliphatic heterocycles. The highest BCUT2D eigenvalue weighted by molar-refractivity contribution is 6.33. The monoisotopic (exact) mass is 445 g/mol. The molecule has 1 amide bonds. The van der Waals surface area contributed by atoms with Gasteiger partial charge in [0.1, 0.15) is 5.82 Å². The van der Waals surface area contributed by atoms with Gasteiger partial charge < -0.3 is 4.90 Å². The number of rotatable bonds is 5. The summed E-state index contributed by atoms with van der Waals surface area (Å²) in [5, 5.41) is 0.922. The number of nitrogens with zero attached hydrogens (tertiary/aromatic N) is 3. The number of hydrogen-bond acceptors (Lipinski definition) is 3. The smallest absolute Gasteiger partial charge is 0.266 e. The minimum atomic E-state index is -0.485. The maximum Gasteiger partial charge on any atom is 0.266 e. The van der Waals surface area contributed by atoms with Crippen LogP contribution in [0.4, 0.5) is 0 Å². The Bertz CT molecular complexity index is 1360. The van der Waals surface area contributed by atoms with E-state index in [1.807, 2.05) is 49.4 Å². The molecule has 32 heavy (non-hydrogen) atoms. The molecular formula is C26H24ClN3O2. The molecule has 162 valence electrons. The maximum atomic E-state index is 13.6. The summed E-state index contributed by atoms with van der Waals surface area (Å²) < 4.78 is 1.64. The van der Waals surface area contributed by atoms with Crippen LogP contribution >= 0.6 is 11.6 Å².